The van der Waals surface area contributed by atoms with Crippen molar-refractivity contribution in [3.63, 3.8) is 0 Å². The van der Waals surface area contributed by atoms with E-state index in [0.29, 0.717) is 45.1 Å². The molecule has 8 N–H and O–H groups in total. The Morgan fingerprint density at radius 1 is 0.657 bits per heavy atom. The molecule has 3 radical (unpaired) electrons. The Labute approximate surface area is 420 Å². The lowest BCUT2D eigenvalue weighted by Gasteiger charge is -2.40. The van der Waals surface area contributed by atoms with Crippen molar-refractivity contribution in [1.29, 1.82) is 0 Å². The van der Waals surface area contributed by atoms with E-state index < -0.39 is 22.1 Å². The van der Waals surface area contributed by atoms with E-state index in [1.54, 1.807) is 12.1 Å². The normalized spacial score (nSPS) is 14.5. The van der Waals surface area contributed by atoms with E-state index in [2.05, 4.69) is 113 Å². The van der Waals surface area contributed by atoms with Crippen molar-refractivity contribution in [1.82, 2.24) is 39.5 Å². The van der Waals surface area contributed by atoms with Crippen LogP contribution in [0.1, 0.15) is 46.2 Å². The van der Waals surface area contributed by atoms with Crippen molar-refractivity contribution in [3.8, 4) is 23.7 Å². The molecule has 8 rings (SSSR count). The summed E-state index contributed by atoms with van der Waals surface area (Å²) in [7, 11) is 4.23. The third-order valence-electron chi connectivity index (χ3n) is 11.7. The van der Waals surface area contributed by atoms with Gasteiger partial charge < -0.3 is 26.2 Å². The smallest absolute Gasteiger partial charge is 0.285 e. The molecule has 0 spiro atoms. The van der Waals surface area contributed by atoms with E-state index in [1.165, 1.54) is 49.1 Å². The molecule has 0 saturated carbocycles. The lowest BCUT2D eigenvalue weighted by molar-refractivity contribution is -0.385. The standard InChI is InChI=1S/C24H24ClFN6O2.C24H26ClFN6.CH4.B.H4N2/c1-24(2,31-10-8-30(3)9-11-31)7-6-16-12-21-18(14-22(16)32(33)34)23(28-15-27-21)29-17-4-5-20(26)19(25)13-17;1-24(2,32-10-8-31(3)9-11-32)7-6-16-12-22-18(14-21(16)27)23(29-15-28-22)30-17-4-5-20(26)19(25)13-17;;;1-2/h4-5,12-15H,8-11H2,1-3H3,(H,27,28,29);4-5,12-15H,8-11,27H2,1-3H3,(H,28,29,30);1H4;;1-2H2. The number of rotatable bonds is 7. The van der Waals surface area contributed by atoms with Gasteiger partial charge in [-0.3, -0.25) is 31.6 Å². The minimum Gasteiger partial charge on any atom is -0.398 e. The van der Waals surface area contributed by atoms with E-state index in [1.807, 2.05) is 26.0 Å². The monoisotopic (exact) mass is 993 g/mol. The van der Waals surface area contributed by atoms with Gasteiger partial charge in [0.2, 0.25) is 0 Å². The number of nitro groups is 1. The van der Waals surface area contributed by atoms with Gasteiger partial charge in [-0.1, -0.05) is 54.3 Å². The number of hydrogen-bond acceptors (Lipinski definition) is 15. The Hall–Kier alpha value is -6.26. The molecule has 21 heteroatoms. The molecule has 4 heterocycles. The minimum atomic E-state index is -0.543. The average Bonchev–Trinajstić information content (AvgIpc) is 3.31. The SMILES string of the molecule is C.CN1CCN(C(C)(C)C#Cc2cc3ncnc(Nc4ccc(F)c(Cl)c4)c3cc2N)CC1.CN1CCN(C(C)(C)C#Cc2cc3ncnc(Nc4ccc(F)c(Cl)c4)c3cc2[N+](=O)[O-])CC1.NN.[B]. The number of aromatic nitrogens is 4. The molecular weight excluding hydrogens is 936 g/mol. The molecule has 2 aliphatic rings. The predicted molar refractivity (Wildman–Crippen MR) is 280 cm³/mol. The first-order valence-corrected chi connectivity index (χ1v) is 22.3. The number of fused-ring (bicyclic) bond motifs is 2. The quantitative estimate of drug-likeness (QED) is 0.0260. The fourth-order valence-electron chi connectivity index (χ4n) is 7.52. The molecule has 2 aliphatic heterocycles. The number of nitrogen functional groups attached to an aromatic ring is 1. The minimum absolute atomic E-state index is 0. The molecule has 0 aliphatic carbocycles. The van der Waals surface area contributed by atoms with Crippen molar-refractivity contribution >= 4 is 87.8 Å². The first-order valence-electron chi connectivity index (χ1n) is 21.6. The third kappa shape index (κ3) is 14.0. The van der Waals surface area contributed by atoms with Gasteiger partial charge in [0, 0.05) is 100 Å². The zero-order valence-corrected chi connectivity index (χ0v) is 40.8. The van der Waals surface area contributed by atoms with Gasteiger partial charge >= 0.3 is 0 Å². The van der Waals surface area contributed by atoms with Crippen LogP contribution in [0.15, 0.2) is 73.3 Å². The fraction of sp³-hybridized carbons (Fsp3) is 0.347. The van der Waals surface area contributed by atoms with E-state index in [0.717, 1.165) is 63.3 Å². The van der Waals surface area contributed by atoms with Gasteiger partial charge in [-0.05, 0) is 96.4 Å². The fourth-order valence-corrected chi connectivity index (χ4v) is 7.88. The highest BCUT2D eigenvalue weighted by Crippen LogP contribution is 2.32. The Morgan fingerprint density at radius 3 is 1.47 bits per heavy atom. The number of halogens is 4. The summed E-state index contributed by atoms with van der Waals surface area (Å²) in [6.07, 6.45) is 2.82. The number of benzene rings is 4. The van der Waals surface area contributed by atoms with Crippen molar-refractivity contribution in [2.45, 2.75) is 46.2 Å². The number of piperazine rings is 2. The number of hydrogen-bond donors (Lipinski definition) is 5. The van der Waals surface area contributed by atoms with E-state index in [-0.39, 0.29) is 42.7 Å². The van der Waals surface area contributed by atoms with Crippen molar-refractivity contribution in [2.24, 2.45) is 11.7 Å². The number of nitro benzene ring substituents is 1. The zero-order valence-electron chi connectivity index (χ0n) is 39.2. The van der Waals surface area contributed by atoms with Crippen LogP contribution in [0.5, 0.6) is 0 Å². The van der Waals surface area contributed by atoms with Crippen LogP contribution in [0.25, 0.3) is 21.8 Å². The summed E-state index contributed by atoms with van der Waals surface area (Å²) in [5.74, 6) is 20.8. The topological polar surface area (TPSA) is 210 Å². The summed E-state index contributed by atoms with van der Waals surface area (Å²) in [6, 6.07) is 15.3. The molecule has 367 valence electrons. The Balaban J connectivity index is 0.000000287. The highest BCUT2D eigenvalue weighted by molar-refractivity contribution is 6.31. The number of hydrazine groups is 1. The summed E-state index contributed by atoms with van der Waals surface area (Å²) in [5.41, 5.74) is 9.40. The molecule has 0 atom stereocenters. The molecule has 0 unspecified atom stereocenters. The Bertz CT molecular complexity index is 2930. The maximum absolute atomic E-state index is 13.5. The highest BCUT2D eigenvalue weighted by atomic mass is 35.5. The molecule has 70 heavy (non-hydrogen) atoms. The van der Waals surface area contributed by atoms with Crippen molar-refractivity contribution < 1.29 is 13.7 Å². The van der Waals surface area contributed by atoms with Gasteiger partial charge in [-0.15, -0.1) is 0 Å². The molecule has 0 bridgehead atoms. The van der Waals surface area contributed by atoms with Crippen LogP contribution in [0.2, 0.25) is 10.0 Å². The number of anilines is 5. The number of likely N-dealkylation sites (N-methyl/N-ethyl adjacent to an activating group) is 2. The zero-order chi connectivity index (χ0) is 49.3. The van der Waals surface area contributed by atoms with Gasteiger partial charge in [-0.25, -0.2) is 28.7 Å². The van der Waals surface area contributed by atoms with Crippen LogP contribution in [-0.4, -0.2) is 130 Å². The summed E-state index contributed by atoms with van der Waals surface area (Å²) in [5, 5.41) is 19.2. The molecule has 2 saturated heterocycles. The predicted octanol–water partition coefficient (Wildman–Crippen LogP) is 7.65. The average molecular weight is 995 g/mol. The maximum Gasteiger partial charge on any atom is 0.285 e. The first-order chi connectivity index (χ1) is 32.4. The Kier molecular flexibility index (Phi) is 19.7. The van der Waals surface area contributed by atoms with Crippen LogP contribution in [0.3, 0.4) is 0 Å². The number of nitrogens with zero attached hydrogens (tertiary/aromatic N) is 9. The number of nitrogens with two attached hydrogens (primary N) is 3. The van der Waals surface area contributed by atoms with E-state index in [9.17, 15) is 18.9 Å². The van der Waals surface area contributed by atoms with Gasteiger partial charge in [0.15, 0.2) is 0 Å². The maximum atomic E-state index is 13.5. The number of nitrogens with one attached hydrogen (secondary N) is 2. The second kappa shape index (κ2) is 24.5. The Morgan fingerprint density at radius 2 is 1.06 bits per heavy atom. The lowest BCUT2D eigenvalue weighted by atomic mass is 10.0. The molecule has 6 aromatic rings. The van der Waals surface area contributed by atoms with Gasteiger partial charge in [0.05, 0.1) is 37.1 Å². The van der Waals surface area contributed by atoms with Gasteiger partial charge in [-0.2, -0.15) is 0 Å². The largest absolute Gasteiger partial charge is 0.398 e. The summed E-state index contributed by atoms with van der Waals surface area (Å²) < 4.78 is 27.0. The third-order valence-corrected chi connectivity index (χ3v) is 12.3. The van der Waals surface area contributed by atoms with Gasteiger partial charge in [0.25, 0.3) is 5.69 Å². The van der Waals surface area contributed by atoms with Crippen molar-refractivity contribution in [2.75, 3.05) is 82.8 Å². The first kappa shape index (κ1) is 56.3. The second-order valence-corrected chi connectivity index (χ2v) is 18.1. The van der Waals surface area contributed by atoms with Crippen LogP contribution >= 0.6 is 23.2 Å². The van der Waals surface area contributed by atoms with E-state index in [4.69, 9.17) is 28.9 Å². The molecular formula is C49H58BCl2F2N14O2. The van der Waals surface area contributed by atoms with Crippen molar-refractivity contribution in [3.05, 3.63) is 116 Å². The van der Waals surface area contributed by atoms with Crippen LogP contribution in [0.4, 0.5) is 43.2 Å². The van der Waals surface area contributed by atoms with Gasteiger partial charge in [0.1, 0.15) is 41.5 Å². The molecule has 4 aromatic carbocycles. The highest BCUT2D eigenvalue weighted by Gasteiger charge is 2.29. The summed E-state index contributed by atoms with van der Waals surface area (Å²) in [4.78, 5) is 37.9. The molecule has 2 fully saturated rings. The molecule has 2 aromatic heterocycles. The molecule has 0 amide bonds. The second-order valence-electron chi connectivity index (χ2n) is 17.3. The van der Waals surface area contributed by atoms with Crippen LogP contribution in [-0.2, 0) is 0 Å². The van der Waals surface area contributed by atoms with E-state index >= 15 is 0 Å². The summed E-state index contributed by atoms with van der Waals surface area (Å²) >= 11 is 11.8. The van der Waals surface area contributed by atoms with Crippen LogP contribution < -0.4 is 28.1 Å². The lowest BCUT2D eigenvalue weighted by Crippen LogP contribution is -2.53. The van der Waals surface area contributed by atoms with Crippen LogP contribution in [0, 0.1) is 45.4 Å². The molecule has 16 nitrogen and oxygen atoms in total. The summed E-state index contributed by atoms with van der Waals surface area (Å²) in [6.45, 7) is 16.0.